The Morgan fingerprint density at radius 1 is 0.719 bits per heavy atom. The van der Waals surface area contributed by atoms with Crippen LogP contribution in [0.4, 0.5) is 17.1 Å². The molecule has 0 spiro atoms. The van der Waals surface area contributed by atoms with Crippen molar-refractivity contribution in [2.24, 2.45) is 0 Å². The van der Waals surface area contributed by atoms with Gasteiger partial charge in [0.2, 0.25) is 5.91 Å². The number of amides is 1. The summed E-state index contributed by atoms with van der Waals surface area (Å²) in [5.74, 6) is 0.300. The van der Waals surface area contributed by atoms with Crippen LogP contribution in [0.15, 0.2) is 82.6 Å². The van der Waals surface area contributed by atoms with Gasteiger partial charge in [0, 0.05) is 18.3 Å². The van der Waals surface area contributed by atoms with E-state index in [2.05, 4.69) is 14.8 Å². The minimum Gasteiger partial charge on any atom is -0.497 e. The Morgan fingerprint density at radius 2 is 1.28 bits per heavy atom. The summed E-state index contributed by atoms with van der Waals surface area (Å²) in [6.07, 6.45) is 0. The van der Waals surface area contributed by atoms with E-state index in [0.29, 0.717) is 17.1 Å². The number of sulfonamides is 2. The predicted molar refractivity (Wildman–Crippen MR) is 122 cm³/mol. The molecule has 0 unspecified atom stereocenters. The van der Waals surface area contributed by atoms with Crippen molar-refractivity contribution in [1.29, 1.82) is 0 Å². The fourth-order valence-electron chi connectivity index (χ4n) is 2.73. The Hall–Kier alpha value is -3.57. The average molecular weight is 476 g/mol. The van der Waals surface area contributed by atoms with Gasteiger partial charge in [-0.1, -0.05) is 6.07 Å². The van der Waals surface area contributed by atoms with E-state index >= 15 is 0 Å². The molecule has 3 aromatic carbocycles. The molecular formula is C21H21N3O6S2. The van der Waals surface area contributed by atoms with Gasteiger partial charge in [0.05, 0.1) is 22.6 Å². The highest BCUT2D eigenvalue weighted by Gasteiger charge is 2.18. The minimum absolute atomic E-state index is 0.0452. The molecule has 0 saturated carbocycles. The van der Waals surface area contributed by atoms with E-state index in [1.165, 1.54) is 62.6 Å². The molecule has 11 heteroatoms. The predicted octanol–water partition coefficient (Wildman–Crippen LogP) is 3.26. The van der Waals surface area contributed by atoms with E-state index in [4.69, 9.17) is 4.74 Å². The number of benzene rings is 3. The van der Waals surface area contributed by atoms with Crippen molar-refractivity contribution in [1.82, 2.24) is 0 Å². The lowest BCUT2D eigenvalue weighted by Gasteiger charge is -2.12. The molecule has 0 aromatic heterocycles. The van der Waals surface area contributed by atoms with Gasteiger partial charge in [0.15, 0.2) is 0 Å². The maximum atomic E-state index is 12.7. The number of nitrogens with one attached hydrogen (secondary N) is 3. The molecule has 0 radical (unpaired) electrons. The SMILES string of the molecule is COc1ccc(NS(=O)(=O)c2cccc(NS(=O)(=O)c3ccc(NC(C)=O)cc3)c2)cc1. The number of methoxy groups -OCH3 is 1. The molecule has 0 aliphatic rings. The van der Waals surface area contributed by atoms with Crippen LogP contribution in [0.25, 0.3) is 0 Å². The molecule has 0 aliphatic carbocycles. The second-order valence-corrected chi connectivity index (χ2v) is 10.0. The maximum absolute atomic E-state index is 12.7. The topological polar surface area (TPSA) is 131 Å². The van der Waals surface area contributed by atoms with Gasteiger partial charge in [-0.2, -0.15) is 0 Å². The van der Waals surface area contributed by atoms with Gasteiger partial charge in [-0.05, 0) is 66.7 Å². The molecule has 0 fully saturated rings. The molecule has 1 amide bonds. The van der Waals surface area contributed by atoms with Gasteiger partial charge in [-0.15, -0.1) is 0 Å². The van der Waals surface area contributed by atoms with Crippen molar-refractivity contribution in [3.63, 3.8) is 0 Å². The third-order valence-electron chi connectivity index (χ3n) is 4.22. The van der Waals surface area contributed by atoms with Gasteiger partial charge in [-0.25, -0.2) is 16.8 Å². The number of anilines is 3. The van der Waals surface area contributed by atoms with Crippen LogP contribution in [0.1, 0.15) is 6.92 Å². The summed E-state index contributed by atoms with van der Waals surface area (Å²) in [5.41, 5.74) is 0.860. The highest BCUT2D eigenvalue weighted by molar-refractivity contribution is 7.93. The van der Waals surface area contributed by atoms with Crippen LogP contribution in [-0.2, 0) is 24.8 Å². The van der Waals surface area contributed by atoms with Crippen molar-refractivity contribution in [2.45, 2.75) is 16.7 Å². The van der Waals surface area contributed by atoms with Crippen LogP contribution in [0.5, 0.6) is 5.75 Å². The number of hydrogen-bond donors (Lipinski definition) is 3. The quantitative estimate of drug-likeness (QED) is 0.458. The Balaban J connectivity index is 1.79. The fourth-order valence-corrected chi connectivity index (χ4v) is 4.89. The van der Waals surface area contributed by atoms with Crippen LogP contribution in [0.2, 0.25) is 0 Å². The molecule has 0 bridgehead atoms. The third kappa shape index (κ3) is 5.77. The average Bonchev–Trinajstić information content (AvgIpc) is 2.74. The summed E-state index contributed by atoms with van der Waals surface area (Å²) in [6, 6.07) is 17.3. The van der Waals surface area contributed by atoms with Gasteiger partial charge in [0.25, 0.3) is 20.0 Å². The summed E-state index contributed by atoms with van der Waals surface area (Å²) in [7, 11) is -6.43. The summed E-state index contributed by atoms with van der Waals surface area (Å²) < 4.78 is 60.6. The van der Waals surface area contributed by atoms with Crippen LogP contribution in [0, 0.1) is 0 Å². The molecule has 0 aliphatic heterocycles. The van der Waals surface area contributed by atoms with E-state index in [1.54, 1.807) is 24.3 Å². The second kappa shape index (κ2) is 9.28. The molecule has 168 valence electrons. The number of hydrogen-bond acceptors (Lipinski definition) is 6. The third-order valence-corrected chi connectivity index (χ3v) is 7.00. The summed E-state index contributed by atoms with van der Waals surface area (Å²) in [4.78, 5) is 10.9. The van der Waals surface area contributed by atoms with Gasteiger partial charge < -0.3 is 10.1 Å². The Kier molecular flexibility index (Phi) is 6.70. The van der Waals surface area contributed by atoms with Crippen LogP contribution in [0.3, 0.4) is 0 Å². The number of ether oxygens (including phenoxy) is 1. The molecule has 32 heavy (non-hydrogen) atoms. The molecular weight excluding hydrogens is 454 g/mol. The fraction of sp³-hybridized carbons (Fsp3) is 0.0952. The summed E-state index contributed by atoms with van der Waals surface area (Å²) in [5, 5.41) is 2.55. The first kappa shape index (κ1) is 23.1. The van der Waals surface area contributed by atoms with Gasteiger partial charge in [0.1, 0.15) is 5.75 Å². The Morgan fingerprint density at radius 3 is 1.88 bits per heavy atom. The molecule has 0 saturated heterocycles. The van der Waals surface area contributed by atoms with Crippen molar-refractivity contribution in [2.75, 3.05) is 21.9 Å². The first-order valence-corrected chi connectivity index (χ1v) is 12.2. The van der Waals surface area contributed by atoms with Crippen molar-refractivity contribution < 1.29 is 26.4 Å². The lowest BCUT2D eigenvalue weighted by Crippen LogP contribution is -2.15. The lowest BCUT2D eigenvalue weighted by atomic mass is 10.3. The minimum atomic E-state index is -3.98. The molecule has 0 atom stereocenters. The molecule has 3 aromatic rings. The highest BCUT2D eigenvalue weighted by atomic mass is 32.2. The van der Waals surface area contributed by atoms with E-state index in [1.807, 2.05) is 0 Å². The standard InChI is InChI=1S/C21H21N3O6S2/c1-15(25)22-16-8-12-20(13-9-16)31(26,27)24-18-4-3-5-21(14-18)32(28,29)23-17-6-10-19(30-2)11-7-17/h3-14,23-24H,1-2H3,(H,22,25). The largest absolute Gasteiger partial charge is 0.497 e. The molecule has 3 N–H and O–H groups in total. The van der Waals surface area contributed by atoms with Crippen LogP contribution in [-0.4, -0.2) is 29.9 Å². The highest BCUT2D eigenvalue weighted by Crippen LogP contribution is 2.23. The monoisotopic (exact) mass is 475 g/mol. The molecule has 3 rings (SSSR count). The van der Waals surface area contributed by atoms with E-state index < -0.39 is 20.0 Å². The Labute approximate surface area is 186 Å². The van der Waals surface area contributed by atoms with Gasteiger partial charge in [-0.3, -0.25) is 14.2 Å². The number of carbonyl (C=O) groups excluding carboxylic acids is 1. The maximum Gasteiger partial charge on any atom is 0.261 e. The Bertz CT molecular complexity index is 1320. The number of rotatable bonds is 8. The molecule has 0 heterocycles. The smallest absolute Gasteiger partial charge is 0.261 e. The van der Waals surface area contributed by atoms with E-state index in [-0.39, 0.29) is 21.4 Å². The zero-order chi connectivity index (χ0) is 23.4. The number of carbonyl (C=O) groups is 1. The zero-order valence-corrected chi connectivity index (χ0v) is 18.8. The second-order valence-electron chi connectivity index (χ2n) is 6.67. The first-order chi connectivity index (χ1) is 15.1. The van der Waals surface area contributed by atoms with Crippen molar-refractivity contribution >= 4 is 43.0 Å². The van der Waals surface area contributed by atoms with E-state index in [9.17, 15) is 21.6 Å². The van der Waals surface area contributed by atoms with E-state index in [0.717, 1.165) is 0 Å². The van der Waals surface area contributed by atoms with Gasteiger partial charge >= 0.3 is 0 Å². The van der Waals surface area contributed by atoms with Crippen molar-refractivity contribution in [3.8, 4) is 5.75 Å². The van der Waals surface area contributed by atoms with Crippen LogP contribution < -0.4 is 19.5 Å². The summed E-state index contributed by atoms with van der Waals surface area (Å²) in [6.45, 7) is 1.34. The normalized spacial score (nSPS) is 11.4. The van der Waals surface area contributed by atoms with Crippen molar-refractivity contribution in [3.05, 3.63) is 72.8 Å². The van der Waals surface area contributed by atoms with Crippen LogP contribution >= 0.6 is 0 Å². The summed E-state index contributed by atoms with van der Waals surface area (Å²) >= 11 is 0. The zero-order valence-electron chi connectivity index (χ0n) is 17.2. The first-order valence-electron chi connectivity index (χ1n) is 9.26. The lowest BCUT2D eigenvalue weighted by molar-refractivity contribution is -0.114. The molecule has 9 nitrogen and oxygen atoms in total.